The smallest absolute Gasteiger partial charge is 0.250 e. The Kier molecular flexibility index (Phi) is 3.44. The third-order valence-corrected chi connectivity index (χ3v) is 3.08. The minimum absolute atomic E-state index is 0.0398. The second-order valence-corrected chi connectivity index (χ2v) is 4.47. The van der Waals surface area contributed by atoms with E-state index >= 15 is 0 Å². The zero-order valence-corrected chi connectivity index (χ0v) is 9.33. The molecule has 4 heteroatoms. The molecule has 1 aliphatic rings. The molecule has 1 aromatic rings. The highest BCUT2D eigenvalue weighted by Crippen LogP contribution is 2.14. The molecule has 2 rings (SSSR count). The summed E-state index contributed by atoms with van der Waals surface area (Å²) in [6, 6.07) is 3.17. The number of pyridine rings is 1. The van der Waals surface area contributed by atoms with E-state index in [1.807, 2.05) is 0 Å². The fourth-order valence-corrected chi connectivity index (χ4v) is 2.17. The second kappa shape index (κ2) is 4.81. The highest BCUT2D eigenvalue weighted by atomic mass is 35.5. The molecule has 0 saturated carbocycles. The monoisotopic (exact) mass is 226 g/mol. The van der Waals surface area contributed by atoms with E-state index < -0.39 is 0 Å². The maximum atomic E-state index is 11.5. The van der Waals surface area contributed by atoms with Crippen LogP contribution >= 0.6 is 11.6 Å². The van der Waals surface area contributed by atoms with E-state index in [4.69, 9.17) is 11.6 Å². The molecule has 0 aliphatic carbocycles. The van der Waals surface area contributed by atoms with Gasteiger partial charge in [0.15, 0.2) is 0 Å². The second-order valence-electron chi connectivity index (χ2n) is 4.03. The standard InChI is InChI=1S/C11H15ClN2O/c12-10-1-2-11(15)14(8-10)7-9-3-5-13-6-4-9/h1-2,8-9,13H,3-7H2. The number of aromatic nitrogens is 1. The van der Waals surface area contributed by atoms with Gasteiger partial charge in [-0.05, 0) is 37.9 Å². The van der Waals surface area contributed by atoms with Crippen molar-refractivity contribution in [1.82, 2.24) is 9.88 Å². The van der Waals surface area contributed by atoms with Crippen molar-refractivity contribution in [1.29, 1.82) is 0 Å². The minimum Gasteiger partial charge on any atom is -0.317 e. The zero-order valence-electron chi connectivity index (χ0n) is 8.58. The number of piperidine rings is 1. The van der Waals surface area contributed by atoms with Crippen molar-refractivity contribution in [3.05, 3.63) is 33.7 Å². The van der Waals surface area contributed by atoms with Crippen LogP contribution in [0.1, 0.15) is 12.8 Å². The normalized spacial score (nSPS) is 17.9. The van der Waals surface area contributed by atoms with Crippen LogP contribution in [0, 0.1) is 5.92 Å². The van der Waals surface area contributed by atoms with Crippen LogP contribution in [0.2, 0.25) is 5.02 Å². The van der Waals surface area contributed by atoms with Gasteiger partial charge in [0.1, 0.15) is 0 Å². The molecule has 1 N–H and O–H groups in total. The predicted molar refractivity (Wildman–Crippen MR) is 61.3 cm³/mol. The fraction of sp³-hybridized carbons (Fsp3) is 0.545. The average Bonchev–Trinajstić information content (AvgIpc) is 2.25. The Hall–Kier alpha value is -0.800. The SMILES string of the molecule is O=c1ccc(Cl)cn1CC1CCNCC1. The van der Waals surface area contributed by atoms with Gasteiger partial charge in [-0.15, -0.1) is 0 Å². The maximum absolute atomic E-state index is 11.5. The van der Waals surface area contributed by atoms with Crippen molar-refractivity contribution in [2.24, 2.45) is 5.92 Å². The van der Waals surface area contributed by atoms with Gasteiger partial charge in [0.25, 0.3) is 5.56 Å². The van der Waals surface area contributed by atoms with Crippen LogP contribution in [0.5, 0.6) is 0 Å². The lowest BCUT2D eigenvalue weighted by atomic mass is 9.98. The van der Waals surface area contributed by atoms with Gasteiger partial charge in [-0.25, -0.2) is 0 Å². The Morgan fingerprint density at radius 3 is 2.87 bits per heavy atom. The van der Waals surface area contributed by atoms with Crippen molar-refractivity contribution in [3.8, 4) is 0 Å². The molecule has 0 bridgehead atoms. The summed E-state index contributed by atoms with van der Waals surface area (Å²) in [5, 5.41) is 3.94. The number of rotatable bonds is 2. The molecule has 2 heterocycles. The Morgan fingerprint density at radius 1 is 1.40 bits per heavy atom. The van der Waals surface area contributed by atoms with E-state index in [9.17, 15) is 4.79 Å². The molecular weight excluding hydrogens is 212 g/mol. The lowest BCUT2D eigenvalue weighted by molar-refractivity contribution is 0.330. The number of halogens is 1. The lowest BCUT2D eigenvalue weighted by Crippen LogP contribution is -2.32. The van der Waals surface area contributed by atoms with Crippen molar-refractivity contribution < 1.29 is 0 Å². The lowest BCUT2D eigenvalue weighted by Gasteiger charge is -2.23. The average molecular weight is 227 g/mol. The van der Waals surface area contributed by atoms with Gasteiger partial charge >= 0.3 is 0 Å². The third kappa shape index (κ3) is 2.83. The van der Waals surface area contributed by atoms with Crippen molar-refractivity contribution in [3.63, 3.8) is 0 Å². The Morgan fingerprint density at radius 2 is 2.13 bits per heavy atom. The molecule has 0 amide bonds. The van der Waals surface area contributed by atoms with Gasteiger partial charge in [0.2, 0.25) is 0 Å². The molecular formula is C11H15ClN2O. The summed E-state index contributed by atoms with van der Waals surface area (Å²) >= 11 is 5.86. The molecule has 15 heavy (non-hydrogen) atoms. The first-order valence-electron chi connectivity index (χ1n) is 5.32. The molecule has 1 saturated heterocycles. The van der Waals surface area contributed by atoms with Gasteiger partial charge in [0, 0.05) is 18.8 Å². The fourth-order valence-electron chi connectivity index (χ4n) is 1.99. The molecule has 0 atom stereocenters. The van der Waals surface area contributed by atoms with E-state index in [1.165, 1.54) is 6.07 Å². The molecule has 1 aromatic heterocycles. The molecule has 0 unspecified atom stereocenters. The quantitative estimate of drug-likeness (QED) is 0.830. The van der Waals surface area contributed by atoms with E-state index in [0.29, 0.717) is 10.9 Å². The van der Waals surface area contributed by atoms with Crippen molar-refractivity contribution >= 4 is 11.6 Å². The molecule has 0 aromatic carbocycles. The van der Waals surface area contributed by atoms with E-state index in [0.717, 1.165) is 32.5 Å². The topological polar surface area (TPSA) is 34.0 Å². The van der Waals surface area contributed by atoms with Crippen molar-refractivity contribution in [2.75, 3.05) is 13.1 Å². The number of hydrogen-bond acceptors (Lipinski definition) is 2. The minimum atomic E-state index is 0.0398. The molecule has 1 aliphatic heterocycles. The van der Waals surface area contributed by atoms with Crippen LogP contribution in [0.4, 0.5) is 0 Å². The molecule has 3 nitrogen and oxygen atoms in total. The first-order valence-corrected chi connectivity index (χ1v) is 5.70. The number of hydrogen-bond donors (Lipinski definition) is 1. The van der Waals surface area contributed by atoms with E-state index in [1.54, 1.807) is 16.8 Å². The van der Waals surface area contributed by atoms with Crippen molar-refractivity contribution in [2.45, 2.75) is 19.4 Å². The molecule has 1 fully saturated rings. The van der Waals surface area contributed by atoms with Gasteiger partial charge in [-0.1, -0.05) is 11.6 Å². The summed E-state index contributed by atoms with van der Waals surface area (Å²) < 4.78 is 1.72. The van der Waals surface area contributed by atoms with Crippen LogP contribution in [-0.2, 0) is 6.54 Å². The largest absolute Gasteiger partial charge is 0.317 e. The van der Waals surface area contributed by atoms with Crippen LogP contribution in [-0.4, -0.2) is 17.7 Å². The first kappa shape index (κ1) is 10.7. The highest BCUT2D eigenvalue weighted by Gasteiger charge is 2.13. The molecule has 82 valence electrons. The summed E-state index contributed by atoms with van der Waals surface area (Å²) in [4.78, 5) is 11.5. The molecule has 0 radical (unpaired) electrons. The maximum Gasteiger partial charge on any atom is 0.250 e. The number of nitrogens with one attached hydrogen (secondary N) is 1. The zero-order chi connectivity index (χ0) is 10.7. The van der Waals surface area contributed by atoms with Crippen LogP contribution in [0.15, 0.2) is 23.1 Å². The van der Waals surface area contributed by atoms with Crippen LogP contribution in [0.3, 0.4) is 0 Å². The Bertz CT molecular complexity index is 382. The Balaban J connectivity index is 2.09. The number of nitrogens with zero attached hydrogens (tertiary/aromatic N) is 1. The molecule has 0 spiro atoms. The van der Waals surface area contributed by atoms with Crippen LogP contribution < -0.4 is 10.9 Å². The Labute approximate surface area is 94.1 Å². The summed E-state index contributed by atoms with van der Waals surface area (Å²) in [6.07, 6.45) is 4.00. The van der Waals surface area contributed by atoms with E-state index in [-0.39, 0.29) is 5.56 Å². The highest BCUT2D eigenvalue weighted by molar-refractivity contribution is 6.30. The van der Waals surface area contributed by atoms with Gasteiger partial charge in [-0.2, -0.15) is 0 Å². The summed E-state index contributed by atoms with van der Waals surface area (Å²) in [5.74, 6) is 0.599. The van der Waals surface area contributed by atoms with Gasteiger partial charge in [-0.3, -0.25) is 4.79 Å². The summed E-state index contributed by atoms with van der Waals surface area (Å²) in [6.45, 7) is 2.90. The van der Waals surface area contributed by atoms with Crippen LogP contribution in [0.25, 0.3) is 0 Å². The third-order valence-electron chi connectivity index (χ3n) is 2.86. The predicted octanol–water partition coefficient (Wildman–Crippen LogP) is 1.50. The van der Waals surface area contributed by atoms with Gasteiger partial charge < -0.3 is 9.88 Å². The van der Waals surface area contributed by atoms with Gasteiger partial charge in [0.05, 0.1) is 5.02 Å². The summed E-state index contributed by atoms with van der Waals surface area (Å²) in [5.41, 5.74) is 0.0398. The first-order chi connectivity index (χ1) is 7.25. The van der Waals surface area contributed by atoms with E-state index in [2.05, 4.69) is 5.32 Å². The summed E-state index contributed by atoms with van der Waals surface area (Å²) in [7, 11) is 0.